The van der Waals surface area contributed by atoms with Gasteiger partial charge in [0.25, 0.3) is 0 Å². The summed E-state index contributed by atoms with van der Waals surface area (Å²) < 4.78 is 0. The molecule has 1 aliphatic carbocycles. The van der Waals surface area contributed by atoms with Gasteiger partial charge in [-0.3, -0.25) is 14.7 Å². The van der Waals surface area contributed by atoms with Crippen LogP contribution in [0.5, 0.6) is 0 Å². The summed E-state index contributed by atoms with van der Waals surface area (Å²) >= 11 is 1.79. The predicted octanol–water partition coefficient (Wildman–Crippen LogP) is 4.80. The Kier molecular flexibility index (Phi) is 5.60. The number of nitrogens with one attached hydrogen (secondary N) is 1. The van der Waals surface area contributed by atoms with E-state index in [1.165, 1.54) is 41.7 Å². The molecule has 0 bridgehead atoms. The summed E-state index contributed by atoms with van der Waals surface area (Å²) in [6.45, 7) is 6.14. The Morgan fingerprint density at radius 3 is 2.74 bits per heavy atom. The van der Waals surface area contributed by atoms with E-state index in [1.54, 1.807) is 18.3 Å². The zero-order valence-electron chi connectivity index (χ0n) is 16.3. The molecule has 1 atom stereocenters. The second kappa shape index (κ2) is 8.11. The number of carbonyl (C=O) groups is 1. The van der Waals surface area contributed by atoms with Crippen LogP contribution >= 0.6 is 11.3 Å². The van der Waals surface area contributed by atoms with Crippen molar-refractivity contribution in [1.29, 1.82) is 0 Å². The highest BCUT2D eigenvalue weighted by atomic mass is 32.1. The Morgan fingerprint density at radius 2 is 2.04 bits per heavy atom. The van der Waals surface area contributed by atoms with Gasteiger partial charge in [0.05, 0.1) is 11.7 Å². The number of likely N-dealkylation sites (tertiary alicyclic amines) is 1. The predicted molar refractivity (Wildman–Crippen MR) is 111 cm³/mol. The Labute approximate surface area is 166 Å². The minimum atomic E-state index is 0.0156. The van der Waals surface area contributed by atoms with Gasteiger partial charge in [0.2, 0.25) is 5.91 Å². The maximum absolute atomic E-state index is 11.9. The van der Waals surface area contributed by atoms with Crippen LogP contribution in [0.15, 0.2) is 24.4 Å². The van der Waals surface area contributed by atoms with Gasteiger partial charge in [-0.15, -0.1) is 11.3 Å². The average Bonchev–Trinajstić information content (AvgIpc) is 3.02. The lowest BCUT2D eigenvalue weighted by Crippen LogP contribution is -2.37. The van der Waals surface area contributed by atoms with Crippen molar-refractivity contribution in [2.75, 3.05) is 18.4 Å². The topological polar surface area (TPSA) is 45.2 Å². The largest absolute Gasteiger partial charge is 0.318 e. The van der Waals surface area contributed by atoms with Crippen molar-refractivity contribution in [3.05, 3.63) is 46.1 Å². The number of thiophene rings is 1. The number of fused-ring (bicyclic) bond motifs is 1. The first-order valence-corrected chi connectivity index (χ1v) is 11.0. The van der Waals surface area contributed by atoms with E-state index >= 15 is 0 Å². The van der Waals surface area contributed by atoms with Gasteiger partial charge in [0, 0.05) is 23.6 Å². The van der Waals surface area contributed by atoms with Crippen molar-refractivity contribution in [1.82, 2.24) is 9.88 Å². The van der Waals surface area contributed by atoms with Crippen LogP contribution in [0.25, 0.3) is 0 Å². The van der Waals surface area contributed by atoms with Crippen molar-refractivity contribution in [3.63, 3.8) is 0 Å². The van der Waals surface area contributed by atoms with Gasteiger partial charge >= 0.3 is 0 Å². The molecule has 2 aromatic rings. The Hall–Kier alpha value is -1.72. The molecule has 0 radical (unpaired) electrons. The maximum atomic E-state index is 11.9. The van der Waals surface area contributed by atoms with Crippen LogP contribution in [0.1, 0.15) is 67.3 Å². The molecule has 1 saturated heterocycles. The highest BCUT2D eigenvalue weighted by molar-refractivity contribution is 7.16. The molecule has 3 heterocycles. The lowest BCUT2D eigenvalue weighted by atomic mass is 9.88. The maximum Gasteiger partial charge on any atom is 0.221 e. The van der Waals surface area contributed by atoms with Crippen molar-refractivity contribution in [2.45, 2.75) is 58.4 Å². The number of hydrogen-bond donors (Lipinski definition) is 1. The summed E-state index contributed by atoms with van der Waals surface area (Å²) in [7, 11) is 0. The molecule has 0 aromatic carbocycles. The SMILES string of the molecule is CC(=O)Nc1sc2c(c1C(c1ccccn1)N1CCC(C)CC1)CCCC2. The van der Waals surface area contributed by atoms with Gasteiger partial charge < -0.3 is 5.32 Å². The number of aromatic nitrogens is 1. The van der Waals surface area contributed by atoms with Crippen molar-refractivity contribution in [2.24, 2.45) is 5.92 Å². The lowest BCUT2D eigenvalue weighted by Gasteiger charge is -2.37. The summed E-state index contributed by atoms with van der Waals surface area (Å²) in [5.41, 5.74) is 3.90. The zero-order valence-corrected chi connectivity index (χ0v) is 17.1. The number of aryl methyl sites for hydroxylation is 1. The molecule has 4 nitrogen and oxygen atoms in total. The summed E-state index contributed by atoms with van der Waals surface area (Å²) in [4.78, 5) is 20.7. The average molecular weight is 384 g/mol. The molecular weight excluding hydrogens is 354 g/mol. The zero-order chi connectivity index (χ0) is 18.8. The molecular formula is C22H29N3OS. The second-order valence-corrected chi connectivity index (χ2v) is 9.12. The molecule has 1 N–H and O–H groups in total. The fraction of sp³-hybridized carbons (Fsp3) is 0.545. The molecule has 27 heavy (non-hydrogen) atoms. The third-order valence-corrected chi connectivity index (χ3v) is 7.15. The van der Waals surface area contributed by atoms with Crippen molar-refractivity contribution in [3.8, 4) is 0 Å². The first-order chi connectivity index (χ1) is 13.1. The number of rotatable bonds is 4. The number of pyridine rings is 1. The smallest absolute Gasteiger partial charge is 0.221 e. The van der Waals surface area contributed by atoms with Crippen LogP contribution in [0, 0.1) is 5.92 Å². The van der Waals surface area contributed by atoms with Gasteiger partial charge in [-0.25, -0.2) is 0 Å². The first-order valence-electron chi connectivity index (χ1n) is 10.2. The Bertz CT molecular complexity index is 793. The fourth-order valence-corrected chi connectivity index (χ4v) is 5.84. The molecule has 1 aliphatic heterocycles. The molecule has 5 heteroatoms. The van der Waals surface area contributed by atoms with Gasteiger partial charge in [0.15, 0.2) is 0 Å². The van der Waals surface area contributed by atoms with Crippen molar-refractivity contribution >= 4 is 22.2 Å². The molecule has 2 aliphatic rings. The van der Waals surface area contributed by atoms with Gasteiger partial charge in [0.1, 0.15) is 5.00 Å². The van der Waals surface area contributed by atoms with Crippen LogP contribution in [0.2, 0.25) is 0 Å². The number of carbonyl (C=O) groups excluding carboxylic acids is 1. The second-order valence-electron chi connectivity index (χ2n) is 8.01. The van der Waals surface area contributed by atoms with Crippen LogP contribution in [-0.4, -0.2) is 28.9 Å². The van der Waals surface area contributed by atoms with E-state index < -0.39 is 0 Å². The van der Waals surface area contributed by atoms with E-state index in [2.05, 4.69) is 29.3 Å². The molecule has 1 amide bonds. The van der Waals surface area contributed by atoms with E-state index in [0.717, 1.165) is 42.5 Å². The summed E-state index contributed by atoms with van der Waals surface area (Å²) in [6, 6.07) is 6.35. The first kappa shape index (κ1) is 18.6. The molecule has 1 fully saturated rings. The minimum absolute atomic E-state index is 0.0156. The number of hydrogen-bond acceptors (Lipinski definition) is 4. The summed E-state index contributed by atoms with van der Waals surface area (Å²) in [5, 5.41) is 4.20. The van der Waals surface area contributed by atoms with E-state index in [-0.39, 0.29) is 11.9 Å². The molecule has 144 valence electrons. The standard InChI is InChI=1S/C22H29N3OS/c1-15-10-13-25(14-11-15)21(18-8-5-6-12-23-18)20-17-7-3-4-9-19(17)27-22(20)24-16(2)26/h5-6,8,12,15,21H,3-4,7,9-11,13-14H2,1-2H3,(H,24,26). The fourth-order valence-electron chi connectivity index (χ4n) is 4.47. The monoisotopic (exact) mass is 383 g/mol. The summed E-state index contributed by atoms with van der Waals surface area (Å²) in [6.07, 6.45) is 9.10. The third-order valence-electron chi connectivity index (χ3n) is 5.93. The Morgan fingerprint density at radius 1 is 1.26 bits per heavy atom. The van der Waals surface area contributed by atoms with Gasteiger partial charge in [-0.1, -0.05) is 13.0 Å². The molecule has 0 spiro atoms. The molecule has 2 aromatic heterocycles. The number of piperidine rings is 1. The van der Waals surface area contributed by atoms with E-state index in [4.69, 9.17) is 4.98 Å². The van der Waals surface area contributed by atoms with Gasteiger partial charge in [-0.05, 0) is 75.2 Å². The Balaban J connectivity index is 1.82. The third kappa shape index (κ3) is 3.94. The van der Waals surface area contributed by atoms with Gasteiger partial charge in [-0.2, -0.15) is 0 Å². The van der Waals surface area contributed by atoms with Crippen molar-refractivity contribution < 1.29 is 4.79 Å². The number of anilines is 1. The lowest BCUT2D eigenvalue weighted by molar-refractivity contribution is -0.114. The minimum Gasteiger partial charge on any atom is -0.318 e. The van der Waals surface area contributed by atoms with Crippen LogP contribution in [0.3, 0.4) is 0 Å². The van der Waals surface area contributed by atoms with Crippen LogP contribution in [0.4, 0.5) is 5.00 Å². The van der Waals surface area contributed by atoms with E-state index in [1.807, 2.05) is 12.3 Å². The number of amides is 1. The van der Waals surface area contributed by atoms with E-state index in [0.29, 0.717) is 0 Å². The van der Waals surface area contributed by atoms with E-state index in [9.17, 15) is 4.79 Å². The van der Waals surface area contributed by atoms with Crippen LogP contribution < -0.4 is 5.32 Å². The molecule has 1 unspecified atom stereocenters. The summed E-state index contributed by atoms with van der Waals surface area (Å²) in [5.74, 6) is 0.804. The number of nitrogens with zero attached hydrogens (tertiary/aromatic N) is 2. The highest BCUT2D eigenvalue weighted by Crippen LogP contribution is 2.45. The molecule has 0 saturated carbocycles. The molecule has 4 rings (SSSR count). The highest BCUT2D eigenvalue weighted by Gasteiger charge is 2.33. The quantitative estimate of drug-likeness (QED) is 0.825. The normalized spacial score (nSPS) is 19.5. The van der Waals surface area contributed by atoms with Crippen LogP contribution in [-0.2, 0) is 17.6 Å².